The number of halogens is 3. The maximum atomic E-state index is 14.0. The molecular formula is C17H22ClFIN5S. The monoisotopic (exact) mass is 509 g/mol. The van der Waals surface area contributed by atoms with Crippen LogP contribution in [0, 0.1) is 5.82 Å². The van der Waals surface area contributed by atoms with Gasteiger partial charge >= 0.3 is 0 Å². The molecule has 0 aliphatic heterocycles. The Bertz CT molecular complexity index is 762. The Morgan fingerprint density at radius 2 is 2.19 bits per heavy atom. The molecule has 1 fully saturated rings. The van der Waals surface area contributed by atoms with Crippen molar-refractivity contribution in [1.82, 2.24) is 20.8 Å². The summed E-state index contributed by atoms with van der Waals surface area (Å²) in [5.41, 5.74) is 0.586. The largest absolute Gasteiger partial charge is 0.353 e. The standard InChI is InChI=1S/C17H21ClFN5S.HI/c1-9(2)16-24-23-14(25-16)8-21-17(20-3)22-13-7-10(13)15-11(18)5-4-6-12(15)19;/h4-6,9-10,13H,7-8H2,1-3H3,(H2,20,21,22);1H. The molecule has 0 saturated heterocycles. The Kier molecular flexibility index (Phi) is 7.60. The molecule has 1 aliphatic rings. The SMILES string of the molecule is CN=C(NCc1nnc(C(C)C)s1)NC1CC1c1c(F)cccc1Cl.I. The Balaban J connectivity index is 0.00000243. The summed E-state index contributed by atoms with van der Waals surface area (Å²) in [6.07, 6.45) is 0.831. The molecule has 1 aromatic carbocycles. The second kappa shape index (κ2) is 9.27. The van der Waals surface area contributed by atoms with E-state index in [2.05, 4.69) is 39.7 Å². The molecular weight excluding hydrogens is 488 g/mol. The van der Waals surface area contributed by atoms with Crippen molar-refractivity contribution in [2.75, 3.05) is 7.05 Å². The second-order valence-corrected chi connectivity index (χ2v) is 7.84. The number of aliphatic imine (C=N–C) groups is 1. The van der Waals surface area contributed by atoms with E-state index >= 15 is 0 Å². The Morgan fingerprint density at radius 1 is 1.42 bits per heavy atom. The van der Waals surface area contributed by atoms with Crippen molar-refractivity contribution in [3.8, 4) is 0 Å². The van der Waals surface area contributed by atoms with E-state index < -0.39 is 0 Å². The van der Waals surface area contributed by atoms with Crippen LogP contribution in [0.1, 0.15) is 47.7 Å². The van der Waals surface area contributed by atoms with Gasteiger partial charge in [-0.3, -0.25) is 4.99 Å². The predicted octanol–water partition coefficient (Wildman–Crippen LogP) is 4.29. The average molecular weight is 510 g/mol. The Hall–Kier alpha value is -1.000. The zero-order valence-electron chi connectivity index (χ0n) is 14.8. The summed E-state index contributed by atoms with van der Waals surface area (Å²) in [6.45, 7) is 4.75. The summed E-state index contributed by atoms with van der Waals surface area (Å²) in [6, 6.07) is 4.93. The van der Waals surface area contributed by atoms with Crippen molar-refractivity contribution in [2.24, 2.45) is 4.99 Å². The Labute approximate surface area is 178 Å². The fourth-order valence-corrected chi connectivity index (χ4v) is 3.73. The average Bonchev–Trinajstić information content (AvgIpc) is 3.14. The minimum atomic E-state index is -0.250. The van der Waals surface area contributed by atoms with Crippen LogP contribution in [-0.2, 0) is 6.54 Å². The van der Waals surface area contributed by atoms with Gasteiger partial charge in [-0.05, 0) is 18.6 Å². The molecule has 3 rings (SSSR count). The Morgan fingerprint density at radius 3 is 2.81 bits per heavy atom. The van der Waals surface area contributed by atoms with Gasteiger partial charge in [0.1, 0.15) is 15.8 Å². The van der Waals surface area contributed by atoms with Gasteiger partial charge in [-0.15, -0.1) is 34.2 Å². The summed E-state index contributed by atoms with van der Waals surface area (Å²) in [5.74, 6) is 0.865. The third-order valence-corrected chi connectivity index (χ3v) is 5.64. The molecule has 1 heterocycles. The summed E-state index contributed by atoms with van der Waals surface area (Å²) < 4.78 is 14.0. The molecule has 5 nitrogen and oxygen atoms in total. The molecule has 1 aromatic heterocycles. The highest BCUT2D eigenvalue weighted by atomic mass is 127. The van der Waals surface area contributed by atoms with Crippen LogP contribution in [0.2, 0.25) is 5.02 Å². The van der Waals surface area contributed by atoms with E-state index in [1.165, 1.54) is 6.07 Å². The van der Waals surface area contributed by atoms with Crippen molar-refractivity contribution in [1.29, 1.82) is 0 Å². The molecule has 26 heavy (non-hydrogen) atoms. The molecule has 2 unspecified atom stereocenters. The molecule has 2 atom stereocenters. The number of hydrogen-bond donors (Lipinski definition) is 2. The molecule has 1 aliphatic carbocycles. The van der Waals surface area contributed by atoms with E-state index in [0.717, 1.165) is 16.4 Å². The summed E-state index contributed by atoms with van der Waals surface area (Å²) >= 11 is 7.74. The van der Waals surface area contributed by atoms with Gasteiger partial charge < -0.3 is 10.6 Å². The lowest BCUT2D eigenvalue weighted by Crippen LogP contribution is -2.38. The molecule has 0 amide bonds. The molecule has 0 spiro atoms. The lowest BCUT2D eigenvalue weighted by Gasteiger charge is -2.11. The van der Waals surface area contributed by atoms with Crippen LogP contribution in [0.15, 0.2) is 23.2 Å². The van der Waals surface area contributed by atoms with E-state index in [9.17, 15) is 4.39 Å². The van der Waals surface area contributed by atoms with Gasteiger partial charge in [-0.2, -0.15) is 0 Å². The zero-order chi connectivity index (χ0) is 18.0. The number of rotatable bonds is 5. The molecule has 0 bridgehead atoms. The van der Waals surface area contributed by atoms with Crippen LogP contribution in [0.3, 0.4) is 0 Å². The quantitative estimate of drug-likeness (QED) is 0.359. The molecule has 2 N–H and O–H groups in total. The van der Waals surface area contributed by atoms with Gasteiger partial charge in [0.2, 0.25) is 0 Å². The molecule has 9 heteroatoms. The van der Waals surface area contributed by atoms with Gasteiger partial charge in [0, 0.05) is 35.5 Å². The molecule has 0 radical (unpaired) electrons. The van der Waals surface area contributed by atoms with E-state index in [4.69, 9.17) is 11.6 Å². The fraction of sp³-hybridized carbons (Fsp3) is 0.471. The lowest BCUT2D eigenvalue weighted by atomic mass is 10.1. The highest BCUT2D eigenvalue weighted by Gasteiger charge is 2.41. The third-order valence-electron chi connectivity index (χ3n) is 4.09. The van der Waals surface area contributed by atoms with Gasteiger partial charge in [-0.1, -0.05) is 42.9 Å². The second-order valence-electron chi connectivity index (χ2n) is 6.34. The summed E-state index contributed by atoms with van der Waals surface area (Å²) in [5, 5.41) is 17.3. The van der Waals surface area contributed by atoms with Crippen LogP contribution in [0.25, 0.3) is 0 Å². The number of aromatic nitrogens is 2. The van der Waals surface area contributed by atoms with Crippen LogP contribution < -0.4 is 10.6 Å². The van der Waals surface area contributed by atoms with Gasteiger partial charge in [0.25, 0.3) is 0 Å². The number of benzene rings is 1. The van der Waals surface area contributed by atoms with E-state index in [1.807, 2.05) is 0 Å². The maximum absolute atomic E-state index is 14.0. The van der Waals surface area contributed by atoms with Gasteiger partial charge in [0.15, 0.2) is 5.96 Å². The van der Waals surface area contributed by atoms with Crippen LogP contribution >= 0.6 is 46.9 Å². The first-order valence-electron chi connectivity index (χ1n) is 8.23. The van der Waals surface area contributed by atoms with Crippen LogP contribution in [-0.4, -0.2) is 29.2 Å². The van der Waals surface area contributed by atoms with Crippen molar-refractivity contribution in [2.45, 2.75) is 44.7 Å². The van der Waals surface area contributed by atoms with Crippen molar-refractivity contribution in [3.63, 3.8) is 0 Å². The number of hydrogen-bond acceptors (Lipinski definition) is 4. The molecule has 142 valence electrons. The van der Waals surface area contributed by atoms with E-state index in [0.29, 0.717) is 29.0 Å². The highest BCUT2D eigenvalue weighted by molar-refractivity contribution is 14.0. The fourth-order valence-electron chi connectivity index (χ4n) is 2.64. The van der Waals surface area contributed by atoms with Crippen LogP contribution in [0.5, 0.6) is 0 Å². The number of guanidine groups is 1. The first-order chi connectivity index (χ1) is 12.0. The highest BCUT2D eigenvalue weighted by Crippen LogP contribution is 2.44. The maximum Gasteiger partial charge on any atom is 0.191 e. The van der Waals surface area contributed by atoms with Crippen molar-refractivity contribution >= 4 is 52.9 Å². The number of nitrogens with zero attached hydrogens (tertiary/aromatic N) is 3. The summed E-state index contributed by atoms with van der Waals surface area (Å²) in [4.78, 5) is 4.22. The minimum absolute atomic E-state index is 0. The number of nitrogens with one attached hydrogen (secondary N) is 2. The lowest BCUT2D eigenvalue weighted by molar-refractivity contribution is 0.608. The normalized spacial score (nSPS) is 19.2. The first kappa shape index (κ1) is 21.3. The van der Waals surface area contributed by atoms with Gasteiger partial charge in [0.05, 0.1) is 6.54 Å². The molecule has 2 aromatic rings. The smallest absolute Gasteiger partial charge is 0.191 e. The van der Waals surface area contributed by atoms with E-state index in [1.54, 1.807) is 30.5 Å². The van der Waals surface area contributed by atoms with E-state index in [-0.39, 0.29) is 41.8 Å². The first-order valence-corrected chi connectivity index (χ1v) is 9.42. The molecule has 1 saturated carbocycles. The minimum Gasteiger partial charge on any atom is -0.353 e. The summed E-state index contributed by atoms with van der Waals surface area (Å²) in [7, 11) is 1.71. The van der Waals surface area contributed by atoms with Crippen LogP contribution in [0.4, 0.5) is 4.39 Å². The topological polar surface area (TPSA) is 62.2 Å². The van der Waals surface area contributed by atoms with Gasteiger partial charge in [-0.25, -0.2) is 4.39 Å². The third kappa shape index (κ3) is 5.04. The van der Waals surface area contributed by atoms with Crippen molar-refractivity contribution < 1.29 is 4.39 Å². The zero-order valence-corrected chi connectivity index (χ0v) is 18.7. The predicted molar refractivity (Wildman–Crippen MR) is 115 cm³/mol. The van der Waals surface area contributed by atoms with Crippen molar-refractivity contribution in [3.05, 3.63) is 44.6 Å².